The van der Waals surface area contributed by atoms with Crippen LogP contribution in [0.4, 0.5) is 0 Å². The number of nitrogens with zero attached hydrogens (tertiary/aromatic N) is 4. The molecule has 0 radical (unpaired) electrons. The van der Waals surface area contributed by atoms with Gasteiger partial charge in [0.25, 0.3) is 0 Å². The molecule has 23 heavy (non-hydrogen) atoms. The fraction of sp³-hybridized carbons (Fsp3) is 0.125. The Balaban J connectivity index is 1.54. The van der Waals surface area contributed by atoms with Gasteiger partial charge < -0.3 is 8.94 Å². The van der Waals surface area contributed by atoms with Crippen LogP contribution in [0.3, 0.4) is 0 Å². The van der Waals surface area contributed by atoms with E-state index in [0.29, 0.717) is 29.9 Å². The molecule has 3 aromatic heterocycles. The molecular formula is C16H12N4O2S. The fourth-order valence-electron chi connectivity index (χ4n) is 2.18. The van der Waals surface area contributed by atoms with Crippen molar-refractivity contribution in [2.24, 2.45) is 0 Å². The van der Waals surface area contributed by atoms with Crippen molar-refractivity contribution in [3.63, 3.8) is 0 Å². The standard InChI is InChI=1S/C16H12N4O2S/c1-10-4-2-5-11(8-10)16-19-18-14(21-16)9-13-17-15(20-22-13)12-6-3-7-23-12/h2-8H,9H2,1H3. The van der Waals surface area contributed by atoms with Gasteiger partial charge in [0.1, 0.15) is 6.42 Å². The maximum absolute atomic E-state index is 5.68. The van der Waals surface area contributed by atoms with Crippen molar-refractivity contribution in [2.45, 2.75) is 13.3 Å². The number of hydrogen-bond acceptors (Lipinski definition) is 7. The van der Waals surface area contributed by atoms with E-state index in [0.717, 1.165) is 16.0 Å². The predicted octanol–water partition coefficient (Wildman–Crippen LogP) is 3.75. The van der Waals surface area contributed by atoms with Crippen molar-refractivity contribution in [3.8, 4) is 22.2 Å². The number of hydrogen-bond donors (Lipinski definition) is 0. The van der Waals surface area contributed by atoms with Gasteiger partial charge in [-0.15, -0.1) is 21.5 Å². The normalized spacial score (nSPS) is 11.0. The minimum atomic E-state index is 0.317. The molecule has 0 amide bonds. The summed E-state index contributed by atoms with van der Waals surface area (Å²) in [4.78, 5) is 5.31. The SMILES string of the molecule is Cc1cccc(-c2nnc(Cc3nc(-c4cccs4)no3)o2)c1. The maximum Gasteiger partial charge on any atom is 0.247 e. The van der Waals surface area contributed by atoms with Crippen LogP contribution in [-0.2, 0) is 6.42 Å². The highest BCUT2D eigenvalue weighted by atomic mass is 32.1. The average molecular weight is 324 g/mol. The van der Waals surface area contributed by atoms with E-state index in [9.17, 15) is 0 Å². The van der Waals surface area contributed by atoms with Crippen LogP contribution < -0.4 is 0 Å². The number of aromatic nitrogens is 4. The van der Waals surface area contributed by atoms with Crippen molar-refractivity contribution in [3.05, 3.63) is 59.1 Å². The molecule has 0 aliphatic heterocycles. The number of aryl methyl sites for hydroxylation is 1. The van der Waals surface area contributed by atoms with Crippen molar-refractivity contribution >= 4 is 11.3 Å². The van der Waals surface area contributed by atoms with Crippen LogP contribution in [0.25, 0.3) is 22.2 Å². The van der Waals surface area contributed by atoms with Crippen molar-refractivity contribution in [1.29, 1.82) is 0 Å². The summed E-state index contributed by atoms with van der Waals surface area (Å²) in [7, 11) is 0. The van der Waals surface area contributed by atoms with Gasteiger partial charge in [-0.1, -0.05) is 28.9 Å². The third-order valence-corrected chi connectivity index (χ3v) is 4.11. The highest BCUT2D eigenvalue weighted by Gasteiger charge is 2.14. The van der Waals surface area contributed by atoms with Gasteiger partial charge in [0.2, 0.25) is 23.5 Å². The zero-order valence-corrected chi connectivity index (χ0v) is 13.1. The molecular weight excluding hydrogens is 312 g/mol. The summed E-state index contributed by atoms with van der Waals surface area (Å²) in [5.41, 5.74) is 2.04. The molecule has 6 nitrogen and oxygen atoms in total. The third kappa shape index (κ3) is 2.91. The van der Waals surface area contributed by atoms with Crippen LogP contribution in [0.1, 0.15) is 17.3 Å². The molecule has 0 bridgehead atoms. The molecule has 0 N–H and O–H groups in total. The van der Waals surface area contributed by atoms with E-state index < -0.39 is 0 Å². The molecule has 0 saturated heterocycles. The highest BCUT2D eigenvalue weighted by Crippen LogP contribution is 2.23. The summed E-state index contributed by atoms with van der Waals surface area (Å²) in [6.45, 7) is 2.02. The van der Waals surface area contributed by atoms with E-state index in [1.165, 1.54) is 0 Å². The lowest BCUT2D eigenvalue weighted by molar-refractivity contribution is 0.374. The van der Waals surface area contributed by atoms with E-state index >= 15 is 0 Å². The Kier molecular flexibility index (Phi) is 3.47. The summed E-state index contributed by atoms with van der Waals surface area (Å²) in [6, 6.07) is 11.8. The van der Waals surface area contributed by atoms with Crippen molar-refractivity contribution in [2.75, 3.05) is 0 Å². The quantitative estimate of drug-likeness (QED) is 0.569. The summed E-state index contributed by atoms with van der Waals surface area (Å²) in [5.74, 6) is 1.96. The molecule has 0 unspecified atom stereocenters. The second-order valence-corrected chi connectivity index (χ2v) is 5.98. The van der Waals surface area contributed by atoms with E-state index in [1.807, 2.05) is 48.7 Å². The van der Waals surface area contributed by atoms with Gasteiger partial charge in [0.05, 0.1) is 4.88 Å². The van der Waals surface area contributed by atoms with Crippen LogP contribution in [0.15, 0.2) is 50.7 Å². The Labute approximate surface area is 135 Å². The maximum atomic E-state index is 5.68. The molecule has 0 saturated carbocycles. The Morgan fingerprint density at radius 2 is 2.04 bits per heavy atom. The molecule has 0 aliphatic carbocycles. The summed E-state index contributed by atoms with van der Waals surface area (Å²) < 4.78 is 10.9. The van der Waals surface area contributed by atoms with Crippen molar-refractivity contribution < 1.29 is 8.94 Å². The Bertz CT molecular complexity index is 927. The van der Waals surface area contributed by atoms with Crippen molar-refractivity contribution in [1.82, 2.24) is 20.3 Å². The van der Waals surface area contributed by atoms with E-state index in [-0.39, 0.29) is 0 Å². The lowest BCUT2D eigenvalue weighted by Crippen LogP contribution is -1.88. The number of thiophene rings is 1. The van der Waals surface area contributed by atoms with Gasteiger partial charge in [0.15, 0.2) is 0 Å². The predicted molar refractivity (Wildman–Crippen MR) is 84.9 cm³/mol. The molecule has 1 aromatic carbocycles. The zero-order valence-electron chi connectivity index (χ0n) is 12.3. The molecule has 0 spiro atoms. The average Bonchev–Trinajstić information content (AvgIpc) is 3.29. The fourth-order valence-corrected chi connectivity index (χ4v) is 2.83. The lowest BCUT2D eigenvalue weighted by atomic mass is 10.1. The first kappa shape index (κ1) is 13.8. The van der Waals surface area contributed by atoms with Gasteiger partial charge in [-0.2, -0.15) is 4.98 Å². The summed E-state index contributed by atoms with van der Waals surface area (Å²) in [6.07, 6.45) is 0.317. The van der Waals surface area contributed by atoms with Gasteiger partial charge in [-0.25, -0.2) is 0 Å². The van der Waals surface area contributed by atoms with Crippen LogP contribution in [0.2, 0.25) is 0 Å². The third-order valence-electron chi connectivity index (χ3n) is 3.24. The smallest absolute Gasteiger partial charge is 0.247 e. The second-order valence-electron chi connectivity index (χ2n) is 5.04. The molecule has 0 fully saturated rings. The van der Waals surface area contributed by atoms with Gasteiger partial charge in [-0.05, 0) is 30.5 Å². The molecule has 4 rings (SSSR count). The molecule has 114 valence electrons. The summed E-state index contributed by atoms with van der Waals surface area (Å²) >= 11 is 1.56. The van der Waals surface area contributed by atoms with Gasteiger partial charge >= 0.3 is 0 Å². The van der Waals surface area contributed by atoms with E-state index in [2.05, 4.69) is 20.3 Å². The van der Waals surface area contributed by atoms with Crippen LogP contribution in [-0.4, -0.2) is 20.3 Å². The minimum Gasteiger partial charge on any atom is -0.420 e. The monoisotopic (exact) mass is 324 g/mol. The molecule has 0 atom stereocenters. The topological polar surface area (TPSA) is 77.8 Å². The molecule has 7 heteroatoms. The van der Waals surface area contributed by atoms with Gasteiger partial charge in [0, 0.05) is 5.56 Å². The number of rotatable bonds is 4. The first-order valence-corrected chi connectivity index (χ1v) is 7.92. The zero-order chi connectivity index (χ0) is 15.6. The van der Waals surface area contributed by atoms with Gasteiger partial charge in [-0.3, -0.25) is 0 Å². The minimum absolute atomic E-state index is 0.317. The van der Waals surface area contributed by atoms with Crippen LogP contribution >= 0.6 is 11.3 Å². The van der Waals surface area contributed by atoms with Crippen LogP contribution in [0, 0.1) is 6.92 Å². The summed E-state index contributed by atoms with van der Waals surface area (Å²) in [5, 5.41) is 14.1. The van der Waals surface area contributed by atoms with E-state index in [1.54, 1.807) is 11.3 Å². The Hall–Kier alpha value is -2.80. The van der Waals surface area contributed by atoms with E-state index in [4.69, 9.17) is 8.94 Å². The molecule has 0 aliphatic rings. The lowest BCUT2D eigenvalue weighted by Gasteiger charge is -1.95. The Morgan fingerprint density at radius 3 is 2.87 bits per heavy atom. The number of benzene rings is 1. The molecule has 4 aromatic rings. The largest absolute Gasteiger partial charge is 0.420 e. The Morgan fingerprint density at radius 1 is 1.09 bits per heavy atom. The molecule has 3 heterocycles. The second kappa shape index (κ2) is 5.77. The first-order valence-electron chi connectivity index (χ1n) is 7.04. The van der Waals surface area contributed by atoms with Crippen LogP contribution in [0.5, 0.6) is 0 Å². The highest BCUT2D eigenvalue weighted by molar-refractivity contribution is 7.13. The first-order chi connectivity index (χ1) is 11.3.